The zero-order valence-corrected chi connectivity index (χ0v) is 8.55. The highest BCUT2D eigenvalue weighted by atomic mass is 19.4. The van der Waals surface area contributed by atoms with Gasteiger partial charge < -0.3 is 4.90 Å². The molecule has 0 heterocycles. The largest absolute Gasteiger partial charge is 0.409 e. The maximum absolute atomic E-state index is 12.0. The fourth-order valence-electron chi connectivity index (χ4n) is 1.22. The molecule has 0 aliphatic rings. The molecule has 0 aliphatic heterocycles. The maximum atomic E-state index is 12.0. The molecule has 0 fully saturated rings. The molecule has 1 aromatic rings. The van der Waals surface area contributed by atoms with Crippen molar-refractivity contribution in [1.82, 2.24) is 0 Å². The van der Waals surface area contributed by atoms with Crippen LogP contribution in [0.1, 0.15) is 5.56 Å². The van der Waals surface area contributed by atoms with Crippen LogP contribution in [0.5, 0.6) is 0 Å². The number of para-hydroxylation sites is 1. The van der Waals surface area contributed by atoms with Crippen molar-refractivity contribution in [2.75, 3.05) is 19.0 Å². The lowest BCUT2D eigenvalue weighted by molar-refractivity contribution is -0.0790. The Balaban J connectivity index is 2.99. The van der Waals surface area contributed by atoms with Crippen LogP contribution in [0.15, 0.2) is 30.3 Å². The van der Waals surface area contributed by atoms with E-state index in [0.29, 0.717) is 5.56 Å². The van der Waals surface area contributed by atoms with E-state index in [1.165, 1.54) is 0 Å². The van der Waals surface area contributed by atoms with E-state index in [1.54, 1.807) is 43.3 Å². The van der Waals surface area contributed by atoms with Crippen LogP contribution >= 0.6 is 0 Å². The molecule has 0 aliphatic carbocycles. The van der Waals surface area contributed by atoms with Crippen molar-refractivity contribution < 1.29 is 13.2 Å². The van der Waals surface area contributed by atoms with Crippen molar-refractivity contribution in [2.45, 2.75) is 6.18 Å². The minimum Gasteiger partial charge on any atom is -0.377 e. The summed E-state index contributed by atoms with van der Waals surface area (Å²) >= 11 is 0. The maximum Gasteiger partial charge on any atom is 0.409 e. The van der Waals surface area contributed by atoms with E-state index in [2.05, 4.69) is 0 Å². The average Bonchev–Trinajstić information content (AvgIpc) is 2.14. The summed E-state index contributed by atoms with van der Waals surface area (Å²) < 4.78 is 35.9. The Labute approximate surface area is 86.8 Å². The highest BCUT2D eigenvalue weighted by molar-refractivity contribution is 5.67. The van der Waals surface area contributed by atoms with E-state index in [1.807, 2.05) is 0 Å². The zero-order valence-electron chi connectivity index (χ0n) is 8.55. The molecule has 82 valence electrons. The first-order chi connectivity index (χ1) is 6.90. The summed E-state index contributed by atoms with van der Waals surface area (Å²) in [5.74, 6) is 0. The van der Waals surface area contributed by atoms with Crippen molar-refractivity contribution in [3.8, 4) is 0 Å². The standard InChI is InChI=1S/C11H12F3N/c1-15(2)10-6-4-3-5-9(10)7-8-11(12,13)14/h3-8H,1-2H3/b8-7+. The molecule has 15 heavy (non-hydrogen) atoms. The summed E-state index contributed by atoms with van der Waals surface area (Å²) in [7, 11) is 3.58. The molecular formula is C11H12F3N. The van der Waals surface area contributed by atoms with E-state index in [-0.39, 0.29) is 6.08 Å². The summed E-state index contributed by atoms with van der Waals surface area (Å²) in [5, 5.41) is 0. The summed E-state index contributed by atoms with van der Waals surface area (Å²) in [6.45, 7) is 0. The van der Waals surface area contributed by atoms with Crippen LogP contribution in [-0.4, -0.2) is 20.3 Å². The first kappa shape index (κ1) is 11.6. The monoisotopic (exact) mass is 215 g/mol. The molecule has 0 radical (unpaired) electrons. The Bertz CT molecular complexity index is 353. The van der Waals surface area contributed by atoms with Gasteiger partial charge in [0.05, 0.1) is 0 Å². The second-order valence-electron chi connectivity index (χ2n) is 3.33. The van der Waals surface area contributed by atoms with Crippen molar-refractivity contribution in [2.24, 2.45) is 0 Å². The molecule has 0 aromatic heterocycles. The molecule has 1 nitrogen and oxygen atoms in total. The first-order valence-corrected chi connectivity index (χ1v) is 4.42. The van der Waals surface area contributed by atoms with Gasteiger partial charge in [0, 0.05) is 25.9 Å². The molecule has 0 bridgehead atoms. The van der Waals surface area contributed by atoms with Crippen LogP contribution in [0.4, 0.5) is 18.9 Å². The van der Waals surface area contributed by atoms with E-state index in [9.17, 15) is 13.2 Å². The predicted molar refractivity (Wildman–Crippen MR) is 55.9 cm³/mol. The fraction of sp³-hybridized carbons (Fsp3) is 0.273. The van der Waals surface area contributed by atoms with Gasteiger partial charge in [0.2, 0.25) is 0 Å². The van der Waals surface area contributed by atoms with Gasteiger partial charge >= 0.3 is 6.18 Å². The summed E-state index contributed by atoms with van der Waals surface area (Å²) in [6, 6.07) is 6.93. The van der Waals surface area contributed by atoms with Gasteiger partial charge in [-0.15, -0.1) is 0 Å². The SMILES string of the molecule is CN(C)c1ccccc1/C=C/C(F)(F)F. The Kier molecular flexibility index (Phi) is 3.39. The number of nitrogens with zero attached hydrogens (tertiary/aromatic N) is 1. The Morgan fingerprint density at radius 1 is 1.13 bits per heavy atom. The van der Waals surface area contributed by atoms with Gasteiger partial charge in [0.1, 0.15) is 0 Å². The summed E-state index contributed by atoms with van der Waals surface area (Å²) in [6.07, 6.45) is -2.94. The minimum atomic E-state index is -4.26. The smallest absolute Gasteiger partial charge is 0.377 e. The Morgan fingerprint density at radius 3 is 2.27 bits per heavy atom. The minimum absolute atomic E-state index is 0.245. The number of hydrogen-bond acceptors (Lipinski definition) is 1. The van der Waals surface area contributed by atoms with Gasteiger partial charge in [-0.1, -0.05) is 18.2 Å². The number of alkyl halides is 3. The normalized spacial score (nSPS) is 12.1. The number of halogens is 3. The highest BCUT2D eigenvalue weighted by Crippen LogP contribution is 2.23. The number of benzene rings is 1. The predicted octanol–water partition coefficient (Wildman–Crippen LogP) is 3.33. The van der Waals surface area contributed by atoms with Crippen LogP contribution in [0, 0.1) is 0 Å². The lowest BCUT2D eigenvalue weighted by Crippen LogP contribution is -2.10. The molecular weight excluding hydrogens is 203 g/mol. The van der Waals surface area contributed by atoms with Gasteiger partial charge in [-0.25, -0.2) is 0 Å². The van der Waals surface area contributed by atoms with Gasteiger partial charge in [0.25, 0.3) is 0 Å². The van der Waals surface area contributed by atoms with E-state index < -0.39 is 6.18 Å². The first-order valence-electron chi connectivity index (χ1n) is 4.42. The van der Waals surface area contributed by atoms with Gasteiger partial charge in [-0.05, 0) is 17.7 Å². The van der Waals surface area contributed by atoms with Crippen LogP contribution in [-0.2, 0) is 0 Å². The van der Waals surface area contributed by atoms with E-state index in [0.717, 1.165) is 11.8 Å². The lowest BCUT2D eigenvalue weighted by Gasteiger charge is -2.15. The lowest BCUT2D eigenvalue weighted by atomic mass is 10.1. The van der Waals surface area contributed by atoms with Crippen molar-refractivity contribution in [3.63, 3.8) is 0 Å². The molecule has 0 spiro atoms. The molecule has 4 heteroatoms. The fourth-order valence-corrected chi connectivity index (χ4v) is 1.22. The van der Waals surface area contributed by atoms with Crippen LogP contribution in [0.25, 0.3) is 6.08 Å². The van der Waals surface area contributed by atoms with Gasteiger partial charge in [0.15, 0.2) is 0 Å². The number of hydrogen-bond donors (Lipinski definition) is 0. The van der Waals surface area contributed by atoms with Crippen molar-refractivity contribution in [3.05, 3.63) is 35.9 Å². The molecule has 0 N–H and O–H groups in total. The molecule has 1 aromatic carbocycles. The van der Waals surface area contributed by atoms with Crippen molar-refractivity contribution >= 4 is 11.8 Å². The molecule has 1 rings (SSSR count). The molecule has 0 saturated heterocycles. The molecule has 0 saturated carbocycles. The Morgan fingerprint density at radius 2 is 1.73 bits per heavy atom. The molecule has 0 amide bonds. The highest BCUT2D eigenvalue weighted by Gasteiger charge is 2.21. The third-order valence-corrected chi connectivity index (χ3v) is 1.87. The van der Waals surface area contributed by atoms with Crippen molar-refractivity contribution in [1.29, 1.82) is 0 Å². The second-order valence-corrected chi connectivity index (χ2v) is 3.33. The van der Waals surface area contributed by atoms with E-state index >= 15 is 0 Å². The zero-order chi connectivity index (χ0) is 11.5. The number of rotatable bonds is 2. The topological polar surface area (TPSA) is 3.24 Å². The third-order valence-electron chi connectivity index (χ3n) is 1.87. The van der Waals surface area contributed by atoms with Gasteiger partial charge in [-0.3, -0.25) is 0 Å². The number of allylic oxidation sites excluding steroid dienone is 1. The number of anilines is 1. The van der Waals surface area contributed by atoms with Crippen LogP contribution in [0.2, 0.25) is 0 Å². The second kappa shape index (κ2) is 4.38. The van der Waals surface area contributed by atoms with Crippen LogP contribution in [0.3, 0.4) is 0 Å². The molecule has 0 unspecified atom stereocenters. The van der Waals surface area contributed by atoms with E-state index in [4.69, 9.17) is 0 Å². The quantitative estimate of drug-likeness (QED) is 0.731. The third kappa shape index (κ3) is 3.65. The molecule has 0 atom stereocenters. The summed E-state index contributed by atoms with van der Waals surface area (Å²) in [5.41, 5.74) is 1.32. The van der Waals surface area contributed by atoms with Gasteiger partial charge in [-0.2, -0.15) is 13.2 Å². The summed E-state index contributed by atoms with van der Waals surface area (Å²) in [4.78, 5) is 1.77. The Hall–Kier alpha value is -1.45. The van der Waals surface area contributed by atoms with Crippen LogP contribution < -0.4 is 4.90 Å². The average molecular weight is 215 g/mol.